The molecule has 3 aromatic rings. The zero-order valence-electron chi connectivity index (χ0n) is 22.6. The second kappa shape index (κ2) is 16.6. The highest BCUT2D eigenvalue weighted by Crippen LogP contribution is 2.22. The monoisotopic (exact) mass is 500 g/mol. The van der Waals surface area contributed by atoms with Gasteiger partial charge in [0, 0.05) is 12.0 Å². The number of aromatic nitrogens is 2. The van der Waals surface area contributed by atoms with Crippen molar-refractivity contribution < 1.29 is 4.79 Å². The lowest BCUT2D eigenvalue weighted by molar-refractivity contribution is 0.0978. The number of ketones is 1. The summed E-state index contributed by atoms with van der Waals surface area (Å²) in [6.45, 7) is 2.26. The molecule has 4 heteroatoms. The highest BCUT2D eigenvalue weighted by molar-refractivity contribution is 6.01. The van der Waals surface area contributed by atoms with Crippen molar-refractivity contribution in [3.63, 3.8) is 0 Å². The van der Waals surface area contributed by atoms with E-state index in [0.29, 0.717) is 12.1 Å². The summed E-state index contributed by atoms with van der Waals surface area (Å²) in [6.07, 6.45) is 20.9. The molecular formula is C33H44N2O2. The molecule has 0 saturated heterocycles. The highest BCUT2D eigenvalue weighted by Gasteiger charge is 2.22. The predicted octanol–water partition coefficient (Wildman–Crippen LogP) is 9.05. The second-order valence-electron chi connectivity index (χ2n) is 9.96. The van der Waals surface area contributed by atoms with Crippen LogP contribution in [0.25, 0.3) is 16.9 Å². The van der Waals surface area contributed by atoms with Crippen LogP contribution in [0, 0.1) is 0 Å². The molecule has 4 nitrogen and oxygen atoms in total. The Hall–Kier alpha value is -3.14. The number of carbonyl (C=O) groups excluding carboxylic acids is 1. The molecule has 0 saturated carbocycles. The lowest BCUT2D eigenvalue weighted by Crippen LogP contribution is -2.20. The van der Waals surface area contributed by atoms with Crippen molar-refractivity contribution in [2.45, 2.75) is 96.8 Å². The summed E-state index contributed by atoms with van der Waals surface area (Å²) in [5.74, 6) is -0.0765. The number of hydrogen-bond acceptors (Lipinski definition) is 2. The van der Waals surface area contributed by atoms with Crippen LogP contribution in [-0.4, -0.2) is 15.6 Å². The van der Waals surface area contributed by atoms with Gasteiger partial charge in [0.15, 0.2) is 5.78 Å². The summed E-state index contributed by atoms with van der Waals surface area (Å²) in [6, 6.07) is 19.1. The number of benzene rings is 2. The minimum Gasteiger partial charge on any atom is -0.294 e. The highest BCUT2D eigenvalue weighted by atomic mass is 16.2. The van der Waals surface area contributed by atoms with E-state index < -0.39 is 0 Å². The number of Topliss-reactive ketones (excluding diaryl/α,β-unsaturated/α-hetero) is 1. The molecule has 3 rings (SSSR count). The third kappa shape index (κ3) is 9.35. The first-order valence-electron chi connectivity index (χ1n) is 14.4. The number of carbonyl (C=O) groups is 1. The molecule has 2 aromatic carbocycles. The van der Waals surface area contributed by atoms with Crippen LogP contribution in [0.2, 0.25) is 0 Å². The van der Waals surface area contributed by atoms with Gasteiger partial charge in [0.25, 0.3) is 5.56 Å². The first kappa shape index (κ1) is 28.4. The fourth-order valence-electron chi connectivity index (χ4n) is 4.75. The van der Waals surface area contributed by atoms with Crippen LogP contribution in [0.5, 0.6) is 0 Å². The van der Waals surface area contributed by atoms with Crippen molar-refractivity contribution in [2.75, 3.05) is 0 Å². The van der Waals surface area contributed by atoms with Gasteiger partial charge in [0.1, 0.15) is 5.56 Å². The maximum atomic E-state index is 13.3. The summed E-state index contributed by atoms with van der Waals surface area (Å²) in [5.41, 5.74) is 2.17. The molecule has 0 bridgehead atoms. The average molecular weight is 501 g/mol. The van der Waals surface area contributed by atoms with E-state index in [9.17, 15) is 9.59 Å². The Balaban J connectivity index is 1.42. The third-order valence-electron chi connectivity index (χ3n) is 6.91. The Labute approximate surface area is 222 Å². The van der Waals surface area contributed by atoms with Gasteiger partial charge in [-0.25, -0.2) is 4.68 Å². The number of unbranched alkanes of at least 4 members (excludes halogenated alkanes) is 11. The molecule has 0 aliphatic rings. The van der Waals surface area contributed by atoms with Gasteiger partial charge in [-0.1, -0.05) is 119 Å². The molecule has 1 heterocycles. The molecule has 0 fully saturated rings. The minimum atomic E-state index is -0.275. The van der Waals surface area contributed by atoms with E-state index >= 15 is 0 Å². The van der Waals surface area contributed by atoms with Gasteiger partial charge < -0.3 is 0 Å². The summed E-state index contributed by atoms with van der Waals surface area (Å²) < 4.78 is 1.48. The number of H-pyrrole nitrogens is 1. The van der Waals surface area contributed by atoms with Crippen LogP contribution in [-0.2, 0) is 0 Å². The number of hydrogen-bond donors (Lipinski definition) is 1. The van der Waals surface area contributed by atoms with E-state index in [4.69, 9.17) is 0 Å². The molecule has 0 unspecified atom stereocenters. The van der Waals surface area contributed by atoms with Gasteiger partial charge >= 0.3 is 0 Å². The molecule has 1 aromatic heterocycles. The molecule has 37 heavy (non-hydrogen) atoms. The zero-order valence-corrected chi connectivity index (χ0v) is 22.6. The van der Waals surface area contributed by atoms with Gasteiger partial charge in [0.2, 0.25) is 0 Å². The minimum absolute atomic E-state index is 0.0765. The maximum absolute atomic E-state index is 13.3. The van der Waals surface area contributed by atoms with Crippen molar-refractivity contribution in [3.8, 4) is 16.9 Å². The largest absolute Gasteiger partial charge is 0.294 e. The van der Waals surface area contributed by atoms with Crippen LogP contribution in [0.15, 0.2) is 77.6 Å². The van der Waals surface area contributed by atoms with Gasteiger partial charge in [0.05, 0.1) is 11.4 Å². The molecule has 0 radical (unpaired) electrons. The number of nitrogens with one attached hydrogen (secondary N) is 1. The van der Waals surface area contributed by atoms with E-state index in [1.165, 1.54) is 62.5 Å². The number of rotatable bonds is 18. The lowest BCUT2D eigenvalue weighted by atomic mass is 10.0. The Bertz CT molecular complexity index is 1130. The topological polar surface area (TPSA) is 54.9 Å². The standard InChI is InChI=1S/C33H44N2O2/c1-2-3-4-5-6-7-8-9-10-11-12-13-14-15-22-27-30(36)31-32(28-23-18-16-19-24-28)34-35(33(31)37)29-25-20-17-21-26-29/h9-10,16-21,23-26,34H,2-8,11-15,22,27H2,1H3. The van der Waals surface area contributed by atoms with Crippen molar-refractivity contribution in [2.24, 2.45) is 0 Å². The van der Waals surface area contributed by atoms with E-state index in [1.54, 1.807) is 0 Å². The molecule has 0 atom stereocenters. The molecule has 0 spiro atoms. The maximum Gasteiger partial charge on any atom is 0.282 e. The SMILES string of the molecule is CCCCCCCCC=CCCCCCCCC(=O)c1c(-c2ccccc2)[nH]n(-c2ccccc2)c1=O. The summed E-state index contributed by atoms with van der Waals surface area (Å²) >= 11 is 0. The molecule has 198 valence electrons. The van der Waals surface area contributed by atoms with Crippen LogP contribution < -0.4 is 5.56 Å². The lowest BCUT2D eigenvalue weighted by Gasteiger charge is -2.03. The number of nitrogens with zero attached hydrogens (tertiary/aromatic N) is 1. The number of para-hydroxylation sites is 1. The molecular weight excluding hydrogens is 456 g/mol. The van der Waals surface area contributed by atoms with Crippen LogP contribution in [0.4, 0.5) is 0 Å². The van der Waals surface area contributed by atoms with Crippen LogP contribution in [0.3, 0.4) is 0 Å². The van der Waals surface area contributed by atoms with Crippen molar-refractivity contribution >= 4 is 5.78 Å². The molecule has 0 aliphatic carbocycles. The van der Waals surface area contributed by atoms with Crippen LogP contribution in [0.1, 0.15) is 107 Å². The Morgan fingerprint density at radius 2 is 1.27 bits per heavy atom. The summed E-state index contributed by atoms with van der Waals surface area (Å²) in [5, 5.41) is 3.19. The van der Waals surface area contributed by atoms with Crippen molar-refractivity contribution in [3.05, 3.63) is 88.7 Å². The normalized spacial score (nSPS) is 11.4. The van der Waals surface area contributed by atoms with Gasteiger partial charge in [-0.05, 0) is 44.2 Å². The molecule has 1 N–H and O–H groups in total. The van der Waals surface area contributed by atoms with Gasteiger partial charge in [-0.2, -0.15) is 0 Å². The second-order valence-corrected chi connectivity index (χ2v) is 9.96. The first-order valence-corrected chi connectivity index (χ1v) is 14.4. The molecule has 0 aliphatic heterocycles. The Morgan fingerprint density at radius 1 is 0.730 bits per heavy atom. The van der Waals surface area contributed by atoms with Crippen LogP contribution >= 0.6 is 0 Å². The average Bonchev–Trinajstić information content (AvgIpc) is 3.28. The van der Waals surface area contributed by atoms with Crippen molar-refractivity contribution in [1.82, 2.24) is 9.78 Å². The quantitative estimate of drug-likeness (QED) is 0.108. The Morgan fingerprint density at radius 3 is 1.89 bits per heavy atom. The third-order valence-corrected chi connectivity index (χ3v) is 6.91. The Kier molecular flexibility index (Phi) is 12.7. The van der Waals surface area contributed by atoms with Gasteiger partial charge in [-0.3, -0.25) is 14.7 Å². The van der Waals surface area contributed by atoms with Gasteiger partial charge in [-0.15, -0.1) is 0 Å². The first-order chi connectivity index (χ1) is 18.2. The fourth-order valence-corrected chi connectivity index (χ4v) is 4.75. The smallest absolute Gasteiger partial charge is 0.282 e. The number of aromatic amines is 1. The summed E-state index contributed by atoms with van der Waals surface area (Å²) in [4.78, 5) is 26.5. The van der Waals surface area contributed by atoms with E-state index in [1.807, 2.05) is 60.7 Å². The van der Waals surface area contributed by atoms with Crippen molar-refractivity contribution in [1.29, 1.82) is 0 Å². The predicted molar refractivity (Wildman–Crippen MR) is 156 cm³/mol. The zero-order chi connectivity index (χ0) is 26.1. The summed E-state index contributed by atoms with van der Waals surface area (Å²) in [7, 11) is 0. The van der Waals surface area contributed by atoms with E-state index in [0.717, 1.165) is 36.9 Å². The fraction of sp³-hybridized carbons (Fsp3) is 0.455. The molecule has 0 amide bonds. The van der Waals surface area contributed by atoms with E-state index in [2.05, 4.69) is 24.2 Å². The van der Waals surface area contributed by atoms with E-state index in [-0.39, 0.29) is 16.9 Å². The number of allylic oxidation sites excluding steroid dienone is 2.